The molecule has 0 unspecified atom stereocenters. The van der Waals surface area contributed by atoms with Crippen molar-refractivity contribution >= 4 is 23.5 Å². The third-order valence-electron chi connectivity index (χ3n) is 6.43. The van der Waals surface area contributed by atoms with Crippen molar-refractivity contribution in [1.29, 1.82) is 0 Å². The lowest BCUT2D eigenvalue weighted by Crippen LogP contribution is -2.36. The van der Waals surface area contributed by atoms with Crippen molar-refractivity contribution in [3.8, 4) is 5.75 Å². The third kappa shape index (κ3) is 4.92. The van der Waals surface area contributed by atoms with E-state index in [4.69, 9.17) is 9.47 Å². The van der Waals surface area contributed by atoms with Crippen molar-refractivity contribution in [2.24, 2.45) is 0 Å². The Hall–Kier alpha value is -2.99. The number of hydrogen-bond donors (Lipinski definition) is 1. The Morgan fingerprint density at radius 3 is 2.56 bits per heavy atom. The van der Waals surface area contributed by atoms with E-state index in [1.165, 1.54) is 0 Å². The molecule has 6 heteroatoms. The molecule has 0 saturated carbocycles. The summed E-state index contributed by atoms with van der Waals surface area (Å²) < 4.78 is 11.3. The Morgan fingerprint density at radius 1 is 1.09 bits per heavy atom. The summed E-state index contributed by atoms with van der Waals surface area (Å²) >= 11 is 1.73. The van der Waals surface area contributed by atoms with Crippen LogP contribution in [0.2, 0.25) is 0 Å². The highest BCUT2D eigenvalue weighted by Gasteiger charge is 2.42. The van der Waals surface area contributed by atoms with Gasteiger partial charge in [-0.15, -0.1) is 0 Å². The number of esters is 1. The monoisotopic (exact) mass is 477 g/mol. The Morgan fingerprint density at radius 2 is 1.82 bits per heavy atom. The fraction of sp³-hybridized carbons (Fsp3) is 0.357. The highest BCUT2D eigenvalue weighted by molar-refractivity contribution is 7.99. The van der Waals surface area contributed by atoms with Gasteiger partial charge in [0.15, 0.2) is 5.78 Å². The quantitative estimate of drug-likeness (QED) is 0.408. The number of ether oxygens (including phenoxy) is 2. The first-order chi connectivity index (χ1) is 16.5. The van der Waals surface area contributed by atoms with Gasteiger partial charge in [0.1, 0.15) is 12.4 Å². The maximum Gasteiger partial charge on any atom is 0.336 e. The topological polar surface area (TPSA) is 64.6 Å². The van der Waals surface area contributed by atoms with Crippen LogP contribution in [0.15, 0.2) is 77.1 Å². The minimum Gasteiger partial charge on any atom is -0.496 e. The fourth-order valence-electron chi connectivity index (χ4n) is 4.90. The maximum absolute atomic E-state index is 13.7. The number of allylic oxidation sites excluding steroid dienone is 3. The highest BCUT2D eigenvalue weighted by atomic mass is 32.2. The Kier molecular flexibility index (Phi) is 7.78. The largest absolute Gasteiger partial charge is 0.496 e. The molecule has 2 aromatic carbocycles. The minimum absolute atomic E-state index is 0.0536. The van der Waals surface area contributed by atoms with Crippen LogP contribution in [0.3, 0.4) is 0 Å². The van der Waals surface area contributed by atoms with Crippen molar-refractivity contribution in [2.45, 2.75) is 38.5 Å². The van der Waals surface area contributed by atoms with Crippen LogP contribution in [-0.2, 0) is 14.3 Å². The minimum atomic E-state index is -0.525. The van der Waals surface area contributed by atoms with Gasteiger partial charge in [-0.1, -0.05) is 55.5 Å². The predicted molar refractivity (Wildman–Crippen MR) is 136 cm³/mol. The van der Waals surface area contributed by atoms with Crippen molar-refractivity contribution in [3.05, 3.63) is 88.3 Å². The smallest absolute Gasteiger partial charge is 0.336 e. The van der Waals surface area contributed by atoms with Gasteiger partial charge in [0.25, 0.3) is 0 Å². The first kappa shape index (κ1) is 24.1. The highest BCUT2D eigenvalue weighted by Crippen LogP contribution is 2.47. The first-order valence-electron chi connectivity index (χ1n) is 11.7. The van der Waals surface area contributed by atoms with E-state index >= 15 is 0 Å². The van der Waals surface area contributed by atoms with Crippen LogP contribution >= 0.6 is 11.8 Å². The summed E-state index contributed by atoms with van der Waals surface area (Å²) in [7, 11) is 1.61. The molecule has 1 N–H and O–H groups in total. The SMILES string of the molecule is CCSCCOC(=O)C1=C(C)NC2=C(C(=O)C[C@@H](c3ccccc3)C2)[C@@H]1c1ccccc1OC. The Balaban J connectivity index is 1.75. The number of hydrogen-bond acceptors (Lipinski definition) is 6. The molecule has 1 aliphatic heterocycles. The number of Topliss-reactive ketones (excluding diaryl/α,β-unsaturated/α-hetero) is 1. The predicted octanol–water partition coefficient (Wildman–Crippen LogP) is 5.35. The molecule has 0 radical (unpaired) electrons. The molecule has 0 amide bonds. The van der Waals surface area contributed by atoms with Gasteiger partial charge in [-0.25, -0.2) is 4.79 Å². The van der Waals surface area contributed by atoms with E-state index in [2.05, 4.69) is 24.4 Å². The van der Waals surface area contributed by atoms with Gasteiger partial charge in [-0.05, 0) is 36.6 Å². The van der Waals surface area contributed by atoms with Gasteiger partial charge < -0.3 is 14.8 Å². The third-order valence-corrected chi connectivity index (χ3v) is 7.30. The number of carbonyl (C=O) groups excluding carboxylic acids is 2. The number of ketones is 1. The van der Waals surface area contributed by atoms with E-state index in [0.717, 1.165) is 34.0 Å². The number of benzene rings is 2. The average Bonchev–Trinajstić information content (AvgIpc) is 2.86. The number of methoxy groups -OCH3 is 1. The van der Waals surface area contributed by atoms with E-state index in [1.54, 1.807) is 18.9 Å². The summed E-state index contributed by atoms with van der Waals surface area (Å²) in [6.07, 6.45) is 1.12. The van der Waals surface area contributed by atoms with Gasteiger partial charge in [-0.2, -0.15) is 11.8 Å². The first-order valence-corrected chi connectivity index (χ1v) is 12.9. The number of rotatable bonds is 8. The standard InChI is InChI=1S/C28H31NO4S/c1-4-34-15-14-33-28(31)25-18(2)29-22-16-20(19-10-6-5-7-11-19)17-23(30)27(22)26(25)21-12-8-9-13-24(21)32-3/h5-13,20,26,29H,4,14-17H2,1-3H3/t20-,26+/m0/s1. The molecular weight excluding hydrogens is 446 g/mol. The van der Waals surface area contributed by atoms with Gasteiger partial charge in [0, 0.05) is 34.7 Å². The van der Waals surface area contributed by atoms with Crippen LogP contribution in [0.25, 0.3) is 0 Å². The molecule has 2 aliphatic rings. The molecule has 1 aliphatic carbocycles. The molecule has 0 aromatic heterocycles. The number of carbonyl (C=O) groups is 2. The van der Waals surface area contributed by atoms with Crippen molar-refractivity contribution < 1.29 is 19.1 Å². The molecule has 2 aromatic rings. The second-order valence-corrected chi connectivity index (χ2v) is 9.90. The van der Waals surface area contributed by atoms with E-state index < -0.39 is 5.92 Å². The zero-order chi connectivity index (χ0) is 24.1. The second kappa shape index (κ2) is 11.0. The molecule has 0 spiro atoms. The summed E-state index contributed by atoms with van der Waals surface area (Å²) in [6.45, 7) is 4.30. The van der Waals surface area contributed by atoms with Crippen LogP contribution in [0.1, 0.15) is 49.7 Å². The lowest BCUT2D eigenvalue weighted by Gasteiger charge is -2.37. The zero-order valence-corrected chi connectivity index (χ0v) is 20.7. The molecule has 34 heavy (non-hydrogen) atoms. The summed E-state index contributed by atoms with van der Waals surface area (Å²) in [5, 5.41) is 3.41. The zero-order valence-electron chi connectivity index (χ0n) is 19.9. The fourth-order valence-corrected chi connectivity index (χ4v) is 5.39. The summed E-state index contributed by atoms with van der Waals surface area (Å²) in [5.74, 6) is 1.61. The summed E-state index contributed by atoms with van der Waals surface area (Å²) in [5.41, 5.74) is 4.70. The Bertz CT molecular complexity index is 1120. The van der Waals surface area contributed by atoms with Gasteiger partial charge in [0.2, 0.25) is 0 Å². The van der Waals surface area contributed by atoms with Crippen molar-refractivity contribution in [3.63, 3.8) is 0 Å². The van der Waals surface area contributed by atoms with Crippen molar-refractivity contribution in [1.82, 2.24) is 5.32 Å². The van der Waals surface area contributed by atoms with Crippen molar-refractivity contribution in [2.75, 3.05) is 25.2 Å². The molecule has 0 fully saturated rings. The molecule has 178 valence electrons. The summed E-state index contributed by atoms with van der Waals surface area (Å²) in [4.78, 5) is 27.0. The van der Waals surface area contributed by atoms with Crippen LogP contribution in [0, 0.1) is 0 Å². The molecule has 1 heterocycles. The molecular formula is C28H31NO4S. The van der Waals surface area contributed by atoms with E-state index in [1.807, 2.05) is 49.4 Å². The second-order valence-electron chi connectivity index (χ2n) is 8.50. The van der Waals surface area contributed by atoms with E-state index in [-0.39, 0.29) is 17.7 Å². The van der Waals surface area contributed by atoms with Crippen LogP contribution in [-0.4, -0.2) is 37.0 Å². The lowest BCUT2D eigenvalue weighted by molar-refractivity contribution is -0.138. The lowest BCUT2D eigenvalue weighted by atomic mass is 9.71. The van der Waals surface area contributed by atoms with E-state index in [0.29, 0.717) is 36.3 Å². The van der Waals surface area contributed by atoms with Crippen LogP contribution in [0.4, 0.5) is 0 Å². The average molecular weight is 478 g/mol. The molecule has 5 nitrogen and oxygen atoms in total. The number of dihydropyridines is 1. The van der Waals surface area contributed by atoms with Gasteiger partial charge >= 0.3 is 5.97 Å². The molecule has 4 rings (SSSR count). The number of nitrogens with one attached hydrogen (secondary N) is 1. The normalized spacial score (nSPS) is 20.0. The van der Waals surface area contributed by atoms with Gasteiger partial charge in [0.05, 0.1) is 18.6 Å². The number of thioether (sulfide) groups is 1. The molecule has 0 saturated heterocycles. The van der Waals surface area contributed by atoms with Gasteiger partial charge in [-0.3, -0.25) is 4.79 Å². The molecule has 2 atom stereocenters. The Labute approximate surface area is 205 Å². The van der Waals surface area contributed by atoms with Crippen LogP contribution < -0.4 is 10.1 Å². The number of para-hydroxylation sites is 1. The molecule has 0 bridgehead atoms. The van der Waals surface area contributed by atoms with E-state index in [9.17, 15) is 9.59 Å². The van der Waals surface area contributed by atoms with Crippen LogP contribution in [0.5, 0.6) is 5.75 Å². The maximum atomic E-state index is 13.7. The summed E-state index contributed by atoms with van der Waals surface area (Å²) in [6, 6.07) is 17.8.